The van der Waals surface area contributed by atoms with Crippen molar-refractivity contribution < 1.29 is 4.74 Å². The lowest BCUT2D eigenvalue weighted by Gasteiger charge is -2.45. The van der Waals surface area contributed by atoms with Gasteiger partial charge in [0.1, 0.15) is 0 Å². The van der Waals surface area contributed by atoms with Crippen LogP contribution in [0.15, 0.2) is 0 Å². The van der Waals surface area contributed by atoms with Crippen LogP contribution in [0.25, 0.3) is 0 Å². The Bertz CT molecular complexity index is 234. The van der Waals surface area contributed by atoms with Crippen molar-refractivity contribution in [2.45, 2.75) is 66.0 Å². The molecule has 1 aliphatic heterocycles. The summed E-state index contributed by atoms with van der Waals surface area (Å²) in [4.78, 5) is 2.59. The minimum Gasteiger partial charge on any atom is -0.377 e. The summed E-state index contributed by atoms with van der Waals surface area (Å²) in [5, 5.41) is 0. The molecule has 1 unspecified atom stereocenters. The Hall–Kier alpha value is -0.0800. The molecule has 102 valence electrons. The van der Waals surface area contributed by atoms with Crippen molar-refractivity contribution in [3.8, 4) is 0 Å². The summed E-state index contributed by atoms with van der Waals surface area (Å²) < 4.78 is 5.61. The van der Waals surface area contributed by atoms with Crippen molar-refractivity contribution in [2.24, 2.45) is 11.3 Å². The molecule has 1 fully saturated rings. The highest BCUT2D eigenvalue weighted by molar-refractivity contribution is 4.88. The Morgan fingerprint density at radius 1 is 1.06 bits per heavy atom. The van der Waals surface area contributed by atoms with Gasteiger partial charge < -0.3 is 4.74 Å². The molecule has 1 rings (SSSR count). The zero-order valence-electron chi connectivity index (χ0n) is 12.8. The summed E-state index contributed by atoms with van der Waals surface area (Å²) in [5.74, 6) is 0.872. The molecule has 0 radical (unpaired) electrons. The maximum Gasteiger partial charge on any atom is 0.0774 e. The van der Waals surface area contributed by atoms with E-state index in [0.29, 0.717) is 11.5 Å². The number of piperidine rings is 1. The number of likely N-dealkylation sites (tertiary alicyclic amines) is 1. The van der Waals surface area contributed by atoms with Gasteiger partial charge in [-0.2, -0.15) is 0 Å². The molecular formula is C15H31NO. The second kappa shape index (κ2) is 5.27. The Kier molecular flexibility index (Phi) is 4.65. The average molecular weight is 241 g/mol. The first-order chi connectivity index (χ1) is 7.68. The first-order valence-corrected chi connectivity index (χ1v) is 6.97. The van der Waals surface area contributed by atoms with Gasteiger partial charge in [0.15, 0.2) is 0 Å². The van der Waals surface area contributed by atoms with Gasteiger partial charge in [0.2, 0.25) is 0 Å². The van der Waals surface area contributed by atoms with Gasteiger partial charge in [0, 0.05) is 13.2 Å². The van der Waals surface area contributed by atoms with Crippen LogP contribution in [0.2, 0.25) is 0 Å². The van der Waals surface area contributed by atoms with Gasteiger partial charge in [-0.25, -0.2) is 0 Å². The number of hydrogen-bond donors (Lipinski definition) is 0. The SMILES string of the molecule is COC(C)(C)C(C)N1CCC(C(C)(C)C)CC1. The van der Waals surface area contributed by atoms with Gasteiger partial charge in [0.05, 0.1) is 5.60 Å². The Morgan fingerprint density at radius 2 is 1.53 bits per heavy atom. The third kappa shape index (κ3) is 3.69. The van der Waals surface area contributed by atoms with Crippen LogP contribution in [0.5, 0.6) is 0 Å². The van der Waals surface area contributed by atoms with E-state index in [-0.39, 0.29) is 5.60 Å². The topological polar surface area (TPSA) is 12.5 Å². The molecule has 0 aromatic carbocycles. The third-order valence-electron chi connectivity index (χ3n) is 4.83. The van der Waals surface area contributed by atoms with E-state index in [1.807, 2.05) is 7.11 Å². The largest absolute Gasteiger partial charge is 0.377 e. The van der Waals surface area contributed by atoms with E-state index in [1.54, 1.807) is 0 Å². The maximum absolute atomic E-state index is 5.61. The molecule has 2 heteroatoms. The van der Waals surface area contributed by atoms with Crippen LogP contribution < -0.4 is 0 Å². The predicted octanol–water partition coefficient (Wildman–Crippen LogP) is 3.56. The third-order valence-corrected chi connectivity index (χ3v) is 4.83. The van der Waals surface area contributed by atoms with Crippen LogP contribution >= 0.6 is 0 Å². The minimum atomic E-state index is -0.0471. The van der Waals surface area contributed by atoms with Gasteiger partial charge in [-0.05, 0) is 58.0 Å². The number of ether oxygens (including phenoxy) is 1. The Balaban J connectivity index is 2.53. The number of methoxy groups -OCH3 is 1. The molecule has 0 amide bonds. The van der Waals surface area contributed by atoms with Crippen molar-refractivity contribution in [3.63, 3.8) is 0 Å². The fourth-order valence-electron chi connectivity index (χ4n) is 2.76. The van der Waals surface area contributed by atoms with Crippen LogP contribution in [0.4, 0.5) is 0 Å². The lowest BCUT2D eigenvalue weighted by Crippen LogP contribution is -2.52. The first kappa shape index (κ1) is 15.0. The van der Waals surface area contributed by atoms with Crippen LogP contribution in [-0.4, -0.2) is 36.7 Å². The first-order valence-electron chi connectivity index (χ1n) is 6.97. The molecule has 0 aromatic rings. The predicted molar refractivity (Wildman–Crippen MR) is 74.3 cm³/mol. The van der Waals surface area contributed by atoms with Crippen molar-refractivity contribution in [3.05, 3.63) is 0 Å². The summed E-state index contributed by atoms with van der Waals surface area (Å²) in [6, 6.07) is 0.494. The van der Waals surface area contributed by atoms with Crippen molar-refractivity contribution in [1.29, 1.82) is 0 Å². The zero-order chi connectivity index (χ0) is 13.3. The van der Waals surface area contributed by atoms with E-state index in [9.17, 15) is 0 Å². The fraction of sp³-hybridized carbons (Fsp3) is 1.00. The maximum atomic E-state index is 5.61. The number of rotatable bonds is 3. The smallest absolute Gasteiger partial charge is 0.0774 e. The normalized spacial score (nSPS) is 22.8. The van der Waals surface area contributed by atoms with E-state index in [2.05, 4.69) is 46.4 Å². The molecule has 1 saturated heterocycles. The molecule has 1 atom stereocenters. The molecule has 0 saturated carbocycles. The average Bonchev–Trinajstić information content (AvgIpc) is 2.27. The second-order valence-corrected chi connectivity index (χ2v) is 7.16. The lowest BCUT2D eigenvalue weighted by atomic mass is 9.75. The molecular weight excluding hydrogens is 210 g/mol. The molecule has 0 aliphatic carbocycles. The van der Waals surface area contributed by atoms with E-state index in [4.69, 9.17) is 4.74 Å². The molecule has 0 bridgehead atoms. The van der Waals surface area contributed by atoms with Crippen molar-refractivity contribution in [2.75, 3.05) is 20.2 Å². The van der Waals surface area contributed by atoms with Gasteiger partial charge in [-0.15, -0.1) is 0 Å². The van der Waals surface area contributed by atoms with Crippen LogP contribution in [0.1, 0.15) is 54.4 Å². The van der Waals surface area contributed by atoms with Crippen molar-refractivity contribution >= 4 is 0 Å². The Labute approximate surface area is 108 Å². The molecule has 0 N–H and O–H groups in total. The lowest BCUT2D eigenvalue weighted by molar-refractivity contribution is -0.0584. The minimum absolute atomic E-state index is 0.0471. The van der Waals surface area contributed by atoms with Crippen LogP contribution in [0.3, 0.4) is 0 Å². The van der Waals surface area contributed by atoms with Gasteiger partial charge in [-0.1, -0.05) is 20.8 Å². The van der Waals surface area contributed by atoms with Crippen LogP contribution in [0, 0.1) is 11.3 Å². The number of nitrogens with zero attached hydrogens (tertiary/aromatic N) is 1. The molecule has 1 heterocycles. The summed E-state index contributed by atoms with van der Waals surface area (Å²) in [6.45, 7) is 16.2. The second-order valence-electron chi connectivity index (χ2n) is 7.16. The van der Waals surface area contributed by atoms with E-state index >= 15 is 0 Å². The van der Waals surface area contributed by atoms with Crippen LogP contribution in [-0.2, 0) is 4.74 Å². The quantitative estimate of drug-likeness (QED) is 0.749. The van der Waals surface area contributed by atoms with Gasteiger partial charge in [-0.3, -0.25) is 4.90 Å². The molecule has 0 spiro atoms. The van der Waals surface area contributed by atoms with Gasteiger partial charge in [0.25, 0.3) is 0 Å². The Morgan fingerprint density at radius 3 is 1.88 bits per heavy atom. The summed E-state index contributed by atoms with van der Waals surface area (Å²) in [6.07, 6.45) is 2.65. The highest BCUT2D eigenvalue weighted by Gasteiger charge is 2.35. The molecule has 17 heavy (non-hydrogen) atoms. The summed E-state index contributed by atoms with van der Waals surface area (Å²) >= 11 is 0. The van der Waals surface area contributed by atoms with Gasteiger partial charge >= 0.3 is 0 Å². The summed E-state index contributed by atoms with van der Waals surface area (Å²) in [5.41, 5.74) is 0.417. The molecule has 2 nitrogen and oxygen atoms in total. The molecule has 0 aromatic heterocycles. The number of hydrogen-bond acceptors (Lipinski definition) is 2. The highest BCUT2D eigenvalue weighted by atomic mass is 16.5. The highest BCUT2D eigenvalue weighted by Crippen LogP contribution is 2.35. The van der Waals surface area contributed by atoms with E-state index in [1.165, 1.54) is 25.9 Å². The van der Waals surface area contributed by atoms with Crippen molar-refractivity contribution in [1.82, 2.24) is 4.90 Å². The fourth-order valence-corrected chi connectivity index (χ4v) is 2.76. The summed E-state index contributed by atoms with van der Waals surface area (Å²) in [7, 11) is 1.82. The van der Waals surface area contributed by atoms with E-state index < -0.39 is 0 Å². The standard InChI is InChI=1S/C15H31NO/c1-12(15(5,6)17-7)16-10-8-13(9-11-16)14(2,3)4/h12-13H,8-11H2,1-7H3. The van der Waals surface area contributed by atoms with E-state index in [0.717, 1.165) is 5.92 Å². The monoisotopic (exact) mass is 241 g/mol. The zero-order valence-corrected chi connectivity index (χ0v) is 12.8. The molecule has 1 aliphatic rings.